The number of hydrogen-bond donors (Lipinski definition) is 0. The molecule has 0 saturated heterocycles. The van der Waals surface area contributed by atoms with E-state index in [0.29, 0.717) is 0 Å². The average molecular weight is 267 g/mol. The van der Waals surface area contributed by atoms with Crippen molar-refractivity contribution in [1.82, 2.24) is 14.5 Å². The maximum absolute atomic E-state index is 4.83. The highest BCUT2D eigenvalue weighted by molar-refractivity contribution is 7.15. The summed E-state index contributed by atoms with van der Waals surface area (Å²) in [5.41, 5.74) is 3.86. The first-order chi connectivity index (χ1) is 9.33. The number of aromatic nitrogens is 3. The molecule has 2 aromatic heterocycles. The van der Waals surface area contributed by atoms with Gasteiger partial charge in [-0.05, 0) is 18.4 Å². The molecule has 2 heterocycles. The fraction of sp³-hybridized carbons (Fsp3) is 0.200. The predicted molar refractivity (Wildman–Crippen MR) is 77.2 cm³/mol. The Morgan fingerprint density at radius 3 is 2.95 bits per heavy atom. The van der Waals surface area contributed by atoms with Gasteiger partial charge >= 0.3 is 0 Å². The number of rotatable bonds is 1. The lowest BCUT2D eigenvalue weighted by atomic mass is 9.94. The number of benzene rings is 1. The summed E-state index contributed by atoms with van der Waals surface area (Å²) >= 11 is 1.78. The molecule has 94 valence electrons. The Labute approximate surface area is 115 Å². The van der Waals surface area contributed by atoms with Crippen LogP contribution in [0, 0.1) is 0 Å². The molecule has 0 fully saturated rings. The van der Waals surface area contributed by atoms with Gasteiger partial charge in [0, 0.05) is 29.9 Å². The summed E-state index contributed by atoms with van der Waals surface area (Å²) in [6.45, 7) is 0. The molecule has 1 aliphatic rings. The molecule has 19 heavy (non-hydrogen) atoms. The van der Waals surface area contributed by atoms with E-state index in [2.05, 4.69) is 29.2 Å². The molecule has 0 saturated carbocycles. The highest BCUT2D eigenvalue weighted by atomic mass is 32.1. The molecule has 1 aliphatic carbocycles. The summed E-state index contributed by atoms with van der Waals surface area (Å²) in [6.07, 6.45) is 5.99. The maximum atomic E-state index is 4.83. The highest BCUT2D eigenvalue weighted by Gasteiger charge is 2.21. The van der Waals surface area contributed by atoms with Gasteiger partial charge in [-0.3, -0.25) is 0 Å². The van der Waals surface area contributed by atoms with E-state index in [1.54, 1.807) is 11.3 Å². The first-order valence-corrected chi connectivity index (χ1v) is 7.20. The molecule has 0 radical (unpaired) electrons. The van der Waals surface area contributed by atoms with Crippen LogP contribution < -0.4 is 0 Å². The number of aryl methyl sites for hydroxylation is 3. The molecule has 0 N–H and O–H groups in total. The molecule has 3 aromatic rings. The van der Waals surface area contributed by atoms with Gasteiger partial charge in [-0.2, -0.15) is 0 Å². The second-order valence-electron chi connectivity index (χ2n) is 4.81. The van der Waals surface area contributed by atoms with Crippen molar-refractivity contribution in [2.45, 2.75) is 12.8 Å². The van der Waals surface area contributed by atoms with E-state index in [9.17, 15) is 0 Å². The zero-order valence-corrected chi connectivity index (χ0v) is 11.4. The lowest BCUT2D eigenvalue weighted by Crippen LogP contribution is -2.01. The predicted octanol–water partition coefficient (Wildman–Crippen LogP) is 3.31. The van der Waals surface area contributed by atoms with E-state index < -0.39 is 0 Å². The van der Waals surface area contributed by atoms with E-state index in [1.165, 1.54) is 16.0 Å². The van der Waals surface area contributed by atoms with Crippen LogP contribution in [0.5, 0.6) is 0 Å². The fourth-order valence-electron chi connectivity index (χ4n) is 2.62. The molecule has 4 rings (SSSR count). The van der Waals surface area contributed by atoms with Crippen molar-refractivity contribution in [3.63, 3.8) is 0 Å². The van der Waals surface area contributed by atoms with Crippen LogP contribution in [-0.2, 0) is 19.9 Å². The number of fused-ring (bicyclic) bond motifs is 3. The molecule has 3 nitrogen and oxygen atoms in total. The van der Waals surface area contributed by atoms with E-state index in [4.69, 9.17) is 4.98 Å². The zero-order chi connectivity index (χ0) is 12.8. The molecule has 4 heteroatoms. The Morgan fingerprint density at radius 2 is 2.11 bits per heavy atom. The number of thiazole rings is 1. The Bertz CT molecular complexity index is 754. The SMILES string of the molecule is Cn1ccnc1-c1nc2c(s1)CCc1ccccc1-2. The van der Waals surface area contributed by atoms with E-state index in [-0.39, 0.29) is 0 Å². The Kier molecular flexibility index (Phi) is 2.32. The fourth-order valence-corrected chi connectivity index (χ4v) is 3.73. The van der Waals surface area contributed by atoms with Gasteiger partial charge in [0.25, 0.3) is 0 Å². The summed E-state index contributed by atoms with van der Waals surface area (Å²) < 4.78 is 2.02. The summed E-state index contributed by atoms with van der Waals surface area (Å²) in [6, 6.07) is 8.58. The second kappa shape index (κ2) is 4.03. The van der Waals surface area contributed by atoms with E-state index in [1.807, 2.05) is 24.0 Å². The molecule has 0 atom stereocenters. The third-order valence-electron chi connectivity index (χ3n) is 3.60. The molecule has 0 aliphatic heterocycles. The average Bonchev–Trinajstić information content (AvgIpc) is 3.04. The number of hydrogen-bond acceptors (Lipinski definition) is 3. The van der Waals surface area contributed by atoms with Crippen molar-refractivity contribution in [3.05, 3.63) is 47.1 Å². The van der Waals surface area contributed by atoms with Crippen molar-refractivity contribution >= 4 is 11.3 Å². The second-order valence-corrected chi connectivity index (χ2v) is 5.89. The van der Waals surface area contributed by atoms with Gasteiger partial charge in [-0.25, -0.2) is 9.97 Å². The van der Waals surface area contributed by atoms with Crippen LogP contribution in [-0.4, -0.2) is 14.5 Å². The van der Waals surface area contributed by atoms with Gasteiger partial charge < -0.3 is 4.57 Å². The molecule has 1 aromatic carbocycles. The molecular weight excluding hydrogens is 254 g/mol. The normalized spacial score (nSPS) is 13.1. The monoisotopic (exact) mass is 267 g/mol. The Hall–Kier alpha value is -1.94. The van der Waals surface area contributed by atoms with Crippen LogP contribution >= 0.6 is 11.3 Å². The van der Waals surface area contributed by atoms with Crippen molar-refractivity contribution in [1.29, 1.82) is 0 Å². The van der Waals surface area contributed by atoms with Crippen molar-refractivity contribution in [2.75, 3.05) is 0 Å². The van der Waals surface area contributed by atoms with Crippen LogP contribution in [0.1, 0.15) is 10.4 Å². The summed E-state index contributed by atoms with van der Waals surface area (Å²) in [7, 11) is 2.01. The van der Waals surface area contributed by atoms with Crippen LogP contribution in [0.3, 0.4) is 0 Å². The standard InChI is InChI=1S/C15H13N3S/c1-18-9-8-16-14(18)15-17-13-11-5-3-2-4-10(11)6-7-12(13)19-15/h2-5,8-9H,6-7H2,1H3. The van der Waals surface area contributed by atoms with E-state index in [0.717, 1.165) is 29.4 Å². The summed E-state index contributed by atoms with van der Waals surface area (Å²) in [5, 5.41) is 1.02. The maximum Gasteiger partial charge on any atom is 0.168 e. The molecule has 0 bridgehead atoms. The Morgan fingerprint density at radius 1 is 1.21 bits per heavy atom. The largest absolute Gasteiger partial charge is 0.332 e. The third kappa shape index (κ3) is 1.64. The molecule has 0 spiro atoms. The quantitative estimate of drug-likeness (QED) is 0.677. The molecular formula is C15H13N3S. The van der Waals surface area contributed by atoms with Gasteiger partial charge in [0.05, 0.1) is 5.69 Å². The van der Waals surface area contributed by atoms with Crippen molar-refractivity contribution in [3.8, 4) is 22.1 Å². The van der Waals surface area contributed by atoms with Crippen LogP contribution in [0.25, 0.3) is 22.1 Å². The summed E-state index contributed by atoms with van der Waals surface area (Å²) in [4.78, 5) is 10.6. The first kappa shape index (κ1) is 10.9. The minimum atomic E-state index is 0.955. The van der Waals surface area contributed by atoms with Crippen molar-refractivity contribution in [2.24, 2.45) is 7.05 Å². The summed E-state index contributed by atoms with van der Waals surface area (Å²) in [5.74, 6) is 0.955. The number of imidazole rings is 1. The third-order valence-corrected chi connectivity index (χ3v) is 4.71. The smallest absolute Gasteiger partial charge is 0.168 e. The van der Waals surface area contributed by atoms with E-state index >= 15 is 0 Å². The van der Waals surface area contributed by atoms with Gasteiger partial charge in [0.2, 0.25) is 0 Å². The van der Waals surface area contributed by atoms with Crippen LogP contribution in [0.15, 0.2) is 36.7 Å². The van der Waals surface area contributed by atoms with Gasteiger partial charge in [0.1, 0.15) is 0 Å². The highest BCUT2D eigenvalue weighted by Crippen LogP contribution is 2.38. The first-order valence-electron chi connectivity index (χ1n) is 6.38. The van der Waals surface area contributed by atoms with Crippen LogP contribution in [0.4, 0.5) is 0 Å². The Balaban J connectivity index is 1.90. The van der Waals surface area contributed by atoms with Gasteiger partial charge in [0.15, 0.2) is 10.8 Å². The van der Waals surface area contributed by atoms with Crippen molar-refractivity contribution < 1.29 is 0 Å². The minimum Gasteiger partial charge on any atom is -0.332 e. The minimum absolute atomic E-state index is 0.955. The molecule has 0 unspecified atom stereocenters. The van der Waals surface area contributed by atoms with Gasteiger partial charge in [-0.15, -0.1) is 11.3 Å². The zero-order valence-electron chi connectivity index (χ0n) is 10.6. The lowest BCUT2D eigenvalue weighted by Gasteiger charge is -2.13. The topological polar surface area (TPSA) is 30.7 Å². The lowest BCUT2D eigenvalue weighted by molar-refractivity contribution is 0.921. The molecule has 0 amide bonds. The van der Waals surface area contributed by atoms with Crippen LogP contribution in [0.2, 0.25) is 0 Å². The number of nitrogens with zero attached hydrogens (tertiary/aromatic N) is 3. The van der Waals surface area contributed by atoms with Gasteiger partial charge in [-0.1, -0.05) is 24.3 Å².